The highest BCUT2D eigenvalue weighted by Crippen LogP contribution is 2.25. The molecule has 2 aromatic rings. The highest BCUT2D eigenvalue weighted by Gasteiger charge is 2.22. The number of nitrogens with one attached hydrogen (secondary N) is 1. The van der Waals surface area contributed by atoms with Crippen LogP contribution in [0.4, 0.5) is 0 Å². The van der Waals surface area contributed by atoms with Crippen molar-refractivity contribution in [2.45, 2.75) is 33.1 Å². The molecule has 1 N–H and O–H groups in total. The van der Waals surface area contributed by atoms with Gasteiger partial charge in [-0.2, -0.15) is 0 Å². The van der Waals surface area contributed by atoms with E-state index in [0.717, 1.165) is 17.1 Å². The maximum absolute atomic E-state index is 12.5. The predicted molar refractivity (Wildman–Crippen MR) is 90.9 cm³/mol. The SMILES string of the molecule is COc1ccc(OC)c(CCNC(=O)c2c(C)noc2C(C)C)c1. The first-order valence-corrected chi connectivity index (χ1v) is 7.93. The second kappa shape index (κ2) is 7.86. The first kappa shape index (κ1) is 17.8. The summed E-state index contributed by atoms with van der Waals surface area (Å²) < 4.78 is 15.8. The predicted octanol–water partition coefficient (Wildman–Crippen LogP) is 3.10. The van der Waals surface area contributed by atoms with Crippen LogP contribution in [0.1, 0.15) is 47.1 Å². The molecule has 130 valence electrons. The Morgan fingerprint density at radius 2 is 2.04 bits per heavy atom. The third kappa shape index (κ3) is 3.88. The Morgan fingerprint density at radius 3 is 2.67 bits per heavy atom. The summed E-state index contributed by atoms with van der Waals surface area (Å²) in [6.45, 7) is 6.19. The zero-order chi connectivity index (χ0) is 17.7. The molecule has 0 radical (unpaired) electrons. The molecule has 0 spiro atoms. The van der Waals surface area contributed by atoms with Gasteiger partial charge >= 0.3 is 0 Å². The molecule has 1 amide bonds. The molecule has 0 aliphatic heterocycles. The third-order valence-electron chi connectivity index (χ3n) is 3.81. The van der Waals surface area contributed by atoms with Crippen molar-refractivity contribution in [3.63, 3.8) is 0 Å². The first-order chi connectivity index (χ1) is 11.5. The molecular weight excluding hydrogens is 308 g/mol. The van der Waals surface area contributed by atoms with Gasteiger partial charge in [-0.05, 0) is 37.1 Å². The molecule has 2 rings (SSSR count). The van der Waals surface area contributed by atoms with Crippen molar-refractivity contribution in [1.29, 1.82) is 0 Å². The van der Waals surface area contributed by atoms with Crippen LogP contribution in [0.25, 0.3) is 0 Å². The Labute approximate surface area is 142 Å². The molecule has 0 saturated heterocycles. The maximum Gasteiger partial charge on any atom is 0.256 e. The lowest BCUT2D eigenvalue weighted by Crippen LogP contribution is -2.27. The molecule has 0 aliphatic carbocycles. The lowest BCUT2D eigenvalue weighted by atomic mass is 10.0. The Morgan fingerprint density at radius 1 is 1.29 bits per heavy atom. The highest BCUT2D eigenvalue weighted by molar-refractivity contribution is 5.96. The Balaban J connectivity index is 2.05. The zero-order valence-electron chi connectivity index (χ0n) is 14.8. The van der Waals surface area contributed by atoms with Crippen molar-refractivity contribution in [3.8, 4) is 11.5 Å². The Bertz CT molecular complexity index is 707. The van der Waals surface area contributed by atoms with E-state index in [4.69, 9.17) is 14.0 Å². The van der Waals surface area contributed by atoms with Crippen LogP contribution in [0.15, 0.2) is 22.7 Å². The molecule has 6 nitrogen and oxygen atoms in total. The van der Waals surface area contributed by atoms with E-state index in [1.807, 2.05) is 32.0 Å². The summed E-state index contributed by atoms with van der Waals surface area (Å²) >= 11 is 0. The molecule has 0 saturated carbocycles. The fourth-order valence-electron chi connectivity index (χ4n) is 2.53. The van der Waals surface area contributed by atoms with Crippen molar-refractivity contribution in [1.82, 2.24) is 10.5 Å². The summed E-state index contributed by atoms with van der Waals surface area (Å²) in [5.74, 6) is 2.08. The molecule has 0 atom stereocenters. The number of rotatable bonds is 7. The highest BCUT2D eigenvalue weighted by atomic mass is 16.5. The fourth-order valence-corrected chi connectivity index (χ4v) is 2.53. The van der Waals surface area contributed by atoms with Crippen LogP contribution in [0.3, 0.4) is 0 Å². The largest absolute Gasteiger partial charge is 0.497 e. The summed E-state index contributed by atoms with van der Waals surface area (Å²) in [7, 11) is 3.24. The number of aromatic nitrogens is 1. The second-order valence-electron chi connectivity index (χ2n) is 5.85. The van der Waals surface area contributed by atoms with Crippen LogP contribution in [0.5, 0.6) is 11.5 Å². The van der Waals surface area contributed by atoms with Gasteiger partial charge in [0, 0.05) is 12.5 Å². The van der Waals surface area contributed by atoms with Gasteiger partial charge in [0.2, 0.25) is 0 Å². The van der Waals surface area contributed by atoms with Gasteiger partial charge < -0.3 is 19.3 Å². The Hall–Kier alpha value is -2.50. The van der Waals surface area contributed by atoms with Crippen LogP contribution in [0, 0.1) is 6.92 Å². The number of carbonyl (C=O) groups is 1. The van der Waals surface area contributed by atoms with Crippen LogP contribution in [-0.2, 0) is 6.42 Å². The molecule has 1 heterocycles. The summed E-state index contributed by atoms with van der Waals surface area (Å²) in [6, 6.07) is 5.61. The van der Waals surface area contributed by atoms with E-state index in [9.17, 15) is 4.79 Å². The fraction of sp³-hybridized carbons (Fsp3) is 0.444. The number of methoxy groups -OCH3 is 2. The van der Waals surface area contributed by atoms with E-state index < -0.39 is 0 Å². The average Bonchev–Trinajstić information content (AvgIpc) is 2.96. The van der Waals surface area contributed by atoms with Gasteiger partial charge in [-0.3, -0.25) is 4.79 Å². The van der Waals surface area contributed by atoms with Crippen molar-refractivity contribution in [3.05, 3.63) is 40.8 Å². The second-order valence-corrected chi connectivity index (χ2v) is 5.85. The lowest BCUT2D eigenvalue weighted by molar-refractivity contribution is 0.0951. The van der Waals surface area contributed by atoms with Crippen molar-refractivity contribution in [2.24, 2.45) is 0 Å². The number of amides is 1. The molecular formula is C18H24N2O4. The molecule has 1 aromatic heterocycles. The minimum atomic E-state index is -0.167. The average molecular weight is 332 g/mol. The molecule has 1 aromatic carbocycles. The van der Waals surface area contributed by atoms with E-state index in [0.29, 0.717) is 30.0 Å². The molecule has 24 heavy (non-hydrogen) atoms. The third-order valence-corrected chi connectivity index (χ3v) is 3.81. The van der Waals surface area contributed by atoms with Crippen LogP contribution in [-0.4, -0.2) is 31.8 Å². The zero-order valence-corrected chi connectivity index (χ0v) is 14.8. The van der Waals surface area contributed by atoms with Crippen LogP contribution < -0.4 is 14.8 Å². The molecule has 0 fully saturated rings. The standard InChI is InChI=1S/C18H24N2O4/c1-11(2)17-16(12(3)20-24-17)18(21)19-9-8-13-10-14(22-4)6-7-15(13)23-5/h6-7,10-11H,8-9H2,1-5H3,(H,19,21). The number of hydrogen-bond acceptors (Lipinski definition) is 5. The van der Waals surface area contributed by atoms with Crippen molar-refractivity contribution in [2.75, 3.05) is 20.8 Å². The number of carbonyl (C=O) groups excluding carboxylic acids is 1. The summed E-state index contributed by atoms with van der Waals surface area (Å²) in [5, 5.41) is 6.83. The van der Waals surface area contributed by atoms with Gasteiger partial charge in [0.05, 0.1) is 19.9 Å². The summed E-state index contributed by atoms with van der Waals surface area (Å²) in [4.78, 5) is 12.5. The van der Waals surface area contributed by atoms with E-state index in [-0.39, 0.29) is 11.8 Å². The molecule has 0 bridgehead atoms. The topological polar surface area (TPSA) is 73.6 Å². The van der Waals surface area contributed by atoms with E-state index >= 15 is 0 Å². The smallest absolute Gasteiger partial charge is 0.256 e. The number of ether oxygens (including phenoxy) is 2. The summed E-state index contributed by atoms with van der Waals surface area (Å²) in [6.07, 6.45) is 0.632. The number of nitrogens with zero attached hydrogens (tertiary/aromatic N) is 1. The quantitative estimate of drug-likeness (QED) is 0.843. The van der Waals surface area contributed by atoms with E-state index in [1.54, 1.807) is 21.1 Å². The van der Waals surface area contributed by atoms with Gasteiger partial charge in [0.25, 0.3) is 5.91 Å². The van der Waals surface area contributed by atoms with E-state index in [1.165, 1.54) is 0 Å². The summed E-state index contributed by atoms with van der Waals surface area (Å²) in [5.41, 5.74) is 2.11. The van der Waals surface area contributed by atoms with Gasteiger partial charge in [0.1, 0.15) is 17.1 Å². The Kier molecular flexibility index (Phi) is 5.84. The minimum absolute atomic E-state index is 0.102. The van der Waals surface area contributed by atoms with E-state index in [2.05, 4.69) is 10.5 Å². The monoisotopic (exact) mass is 332 g/mol. The van der Waals surface area contributed by atoms with Gasteiger partial charge in [-0.1, -0.05) is 19.0 Å². The number of benzene rings is 1. The van der Waals surface area contributed by atoms with Gasteiger partial charge in [-0.25, -0.2) is 0 Å². The van der Waals surface area contributed by atoms with Gasteiger partial charge in [-0.15, -0.1) is 0 Å². The molecule has 0 unspecified atom stereocenters. The lowest BCUT2D eigenvalue weighted by Gasteiger charge is -2.11. The normalized spacial score (nSPS) is 10.8. The maximum atomic E-state index is 12.5. The minimum Gasteiger partial charge on any atom is -0.497 e. The molecule has 0 aliphatic rings. The molecule has 6 heteroatoms. The van der Waals surface area contributed by atoms with Crippen molar-refractivity contribution < 1.29 is 18.8 Å². The van der Waals surface area contributed by atoms with Crippen molar-refractivity contribution >= 4 is 5.91 Å². The van der Waals surface area contributed by atoms with Crippen LogP contribution >= 0.6 is 0 Å². The first-order valence-electron chi connectivity index (χ1n) is 7.93. The number of hydrogen-bond donors (Lipinski definition) is 1. The van der Waals surface area contributed by atoms with Crippen LogP contribution in [0.2, 0.25) is 0 Å². The van der Waals surface area contributed by atoms with Gasteiger partial charge in [0.15, 0.2) is 5.76 Å². The number of aryl methyl sites for hydroxylation is 1.